The first-order chi connectivity index (χ1) is 9.61. The molecule has 0 saturated heterocycles. The van der Waals surface area contributed by atoms with Gasteiger partial charge in [0.15, 0.2) is 6.61 Å². The molecule has 2 aromatic rings. The Hall–Kier alpha value is -2.45. The molecule has 0 saturated carbocycles. The van der Waals surface area contributed by atoms with E-state index in [1.54, 1.807) is 31.2 Å². The van der Waals surface area contributed by atoms with Crippen LogP contribution >= 0.6 is 0 Å². The molecule has 1 atom stereocenters. The summed E-state index contributed by atoms with van der Waals surface area (Å²) in [5.74, 6) is 0.0717. The van der Waals surface area contributed by atoms with E-state index in [2.05, 4.69) is 4.98 Å². The van der Waals surface area contributed by atoms with Crippen molar-refractivity contribution in [3.05, 3.63) is 47.9 Å². The van der Waals surface area contributed by atoms with Crippen LogP contribution in [0.5, 0.6) is 5.75 Å². The first-order valence-electron chi connectivity index (χ1n) is 6.06. The van der Waals surface area contributed by atoms with Gasteiger partial charge in [-0.2, -0.15) is 5.26 Å². The van der Waals surface area contributed by atoms with Crippen LogP contribution in [0.15, 0.2) is 36.4 Å². The zero-order valence-electron chi connectivity index (χ0n) is 10.9. The SMILES string of the molecule is CC(O)c1ccc(OCC#N)c(-c2ccc(F)cc2)n1. The molecule has 1 heterocycles. The van der Waals surface area contributed by atoms with E-state index < -0.39 is 6.10 Å². The van der Waals surface area contributed by atoms with Gasteiger partial charge in [-0.15, -0.1) is 0 Å². The number of benzene rings is 1. The van der Waals surface area contributed by atoms with Crippen molar-refractivity contribution in [2.24, 2.45) is 0 Å². The Morgan fingerprint density at radius 2 is 2.00 bits per heavy atom. The van der Waals surface area contributed by atoms with Gasteiger partial charge in [0.1, 0.15) is 23.3 Å². The molecule has 0 aliphatic heterocycles. The molecule has 0 bridgehead atoms. The minimum absolute atomic E-state index is 0.107. The number of nitrogens with zero attached hydrogens (tertiary/aromatic N) is 2. The van der Waals surface area contributed by atoms with Gasteiger partial charge in [0.05, 0.1) is 11.8 Å². The van der Waals surface area contributed by atoms with Crippen LogP contribution in [0.2, 0.25) is 0 Å². The van der Waals surface area contributed by atoms with E-state index in [-0.39, 0.29) is 12.4 Å². The molecule has 0 amide bonds. The fourth-order valence-corrected chi connectivity index (χ4v) is 1.74. The zero-order chi connectivity index (χ0) is 14.5. The normalized spacial score (nSPS) is 11.7. The van der Waals surface area contributed by atoms with Gasteiger partial charge in [-0.3, -0.25) is 0 Å². The molecule has 0 radical (unpaired) electrons. The lowest BCUT2D eigenvalue weighted by Crippen LogP contribution is -2.02. The van der Waals surface area contributed by atoms with Crippen LogP contribution in [0.25, 0.3) is 11.3 Å². The number of rotatable bonds is 4. The van der Waals surface area contributed by atoms with Gasteiger partial charge in [0.2, 0.25) is 0 Å². The van der Waals surface area contributed by atoms with Crippen LogP contribution in [0.1, 0.15) is 18.7 Å². The van der Waals surface area contributed by atoms with Gasteiger partial charge in [-0.1, -0.05) is 0 Å². The molecule has 1 unspecified atom stereocenters. The number of aliphatic hydroxyl groups excluding tert-OH is 1. The zero-order valence-corrected chi connectivity index (χ0v) is 10.9. The molecule has 1 aromatic heterocycles. The third-order valence-corrected chi connectivity index (χ3v) is 2.72. The number of halogens is 1. The van der Waals surface area contributed by atoms with Gasteiger partial charge in [0.25, 0.3) is 0 Å². The number of pyridine rings is 1. The smallest absolute Gasteiger partial charge is 0.174 e. The van der Waals surface area contributed by atoms with E-state index in [9.17, 15) is 9.50 Å². The molecule has 5 heteroatoms. The quantitative estimate of drug-likeness (QED) is 0.929. The van der Waals surface area contributed by atoms with Crippen molar-refractivity contribution in [3.8, 4) is 23.1 Å². The van der Waals surface area contributed by atoms with Gasteiger partial charge in [-0.05, 0) is 43.3 Å². The van der Waals surface area contributed by atoms with Crippen LogP contribution in [0.4, 0.5) is 4.39 Å². The van der Waals surface area contributed by atoms with Gasteiger partial charge in [0, 0.05) is 5.56 Å². The van der Waals surface area contributed by atoms with Gasteiger partial charge >= 0.3 is 0 Å². The Morgan fingerprint density at radius 3 is 2.60 bits per heavy atom. The largest absolute Gasteiger partial charge is 0.476 e. The third-order valence-electron chi connectivity index (χ3n) is 2.72. The lowest BCUT2D eigenvalue weighted by atomic mass is 10.1. The molecule has 0 fully saturated rings. The Morgan fingerprint density at radius 1 is 1.30 bits per heavy atom. The number of ether oxygens (including phenoxy) is 1. The summed E-state index contributed by atoms with van der Waals surface area (Å²) in [6.07, 6.45) is -0.723. The van der Waals surface area contributed by atoms with Crippen LogP contribution < -0.4 is 4.74 Å². The molecule has 0 spiro atoms. The summed E-state index contributed by atoms with van der Waals surface area (Å²) < 4.78 is 18.3. The highest BCUT2D eigenvalue weighted by atomic mass is 19.1. The van der Waals surface area contributed by atoms with Crippen molar-refractivity contribution < 1.29 is 14.2 Å². The number of aromatic nitrogens is 1. The molecule has 20 heavy (non-hydrogen) atoms. The van der Waals surface area contributed by atoms with Crippen molar-refractivity contribution in [2.75, 3.05) is 6.61 Å². The Bertz CT molecular complexity index is 633. The Kier molecular flexibility index (Phi) is 4.28. The molecule has 1 N–H and O–H groups in total. The van der Waals surface area contributed by atoms with Crippen LogP contribution in [0, 0.1) is 17.1 Å². The monoisotopic (exact) mass is 272 g/mol. The molecule has 0 aliphatic rings. The average molecular weight is 272 g/mol. The highest BCUT2D eigenvalue weighted by Crippen LogP contribution is 2.29. The molecule has 2 rings (SSSR count). The van der Waals surface area contributed by atoms with E-state index in [4.69, 9.17) is 10.00 Å². The maximum Gasteiger partial charge on any atom is 0.174 e. The molecular weight excluding hydrogens is 259 g/mol. The first kappa shape index (κ1) is 14.0. The Balaban J connectivity index is 2.48. The van der Waals surface area contributed by atoms with Crippen LogP contribution in [-0.4, -0.2) is 16.7 Å². The molecular formula is C15H13FN2O2. The van der Waals surface area contributed by atoms with E-state index in [0.29, 0.717) is 22.7 Å². The van der Waals surface area contributed by atoms with Gasteiger partial charge in [-0.25, -0.2) is 9.37 Å². The summed E-state index contributed by atoms with van der Waals surface area (Å²) in [5, 5.41) is 18.2. The van der Waals surface area contributed by atoms with Crippen molar-refractivity contribution in [1.82, 2.24) is 4.98 Å². The molecule has 1 aromatic carbocycles. The van der Waals surface area contributed by atoms with Crippen molar-refractivity contribution >= 4 is 0 Å². The number of hydrogen-bond acceptors (Lipinski definition) is 4. The summed E-state index contributed by atoms with van der Waals surface area (Å²) in [4.78, 5) is 4.32. The molecule has 0 aliphatic carbocycles. The standard InChI is InChI=1S/C15H13FN2O2/c1-10(19)13-6-7-14(20-9-8-17)15(18-13)11-2-4-12(16)5-3-11/h2-7,10,19H,9H2,1H3. The lowest BCUT2D eigenvalue weighted by molar-refractivity contribution is 0.194. The van der Waals surface area contributed by atoms with Crippen molar-refractivity contribution in [3.63, 3.8) is 0 Å². The number of nitriles is 1. The predicted molar refractivity (Wildman–Crippen MR) is 71.4 cm³/mol. The first-order valence-corrected chi connectivity index (χ1v) is 6.06. The maximum atomic E-state index is 13.0. The summed E-state index contributed by atoms with van der Waals surface area (Å²) in [6.45, 7) is 1.50. The fraction of sp³-hybridized carbons (Fsp3) is 0.200. The van der Waals surface area contributed by atoms with Crippen molar-refractivity contribution in [1.29, 1.82) is 5.26 Å². The van der Waals surface area contributed by atoms with E-state index in [0.717, 1.165) is 0 Å². The van der Waals surface area contributed by atoms with Crippen LogP contribution in [-0.2, 0) is 0 Å². The van der Waals surface area contributed by atoms with E-state index >= 15 is 0 Å². The number of aliphatic hydroxyl groups is 1. The maximum absolute atomic E-state index is 13.0. The number of hydrogen-bond donors (Lipinski definition) is 1. The second-order valence-electron chi connectivity index (χ2n) is 4.21. The summed E-state index contributed by atoms with van der Waals surface area (Å²) in [6, 6.07) is 10.9. The average Bonchev–Trinajstić information content (AvgIpc) is 2.45. The summed E-state index contributed by atoms with van der Waals surface area (Å²) in [7, 11) is 0. The second kappa shape index (κ2) is 6.13. The lowest BCUT2D eigenvalue weighted by Gasteiger charge is -2.12. The van der Waals surface area contributed by atoms with Crippen molar-refractivity contribution in [2.45, 2.75) is 13.0 Å². The molecule has 4 nitrogen and oxygen atoms in total. The van der Waals surface area contributed by atoms with Crippen LogP contribution in [0.3, 0.4) is 0 Å². The van der Waals surface area contributed by atoms with E-state index in [1.807, 2.05) is 6.07 Å². The highest BCUT2D eigenvalue weighted by molar-refractivity contribution is 5.66. The minimum atomic E-state index is -0.723. The fourth-order valence-electron chi connectivity index (χ4n) is 1.74. The second-order valence-corrected chi connectivity index (χ2v) is 4.21. The summed E-state index contributed by atoms with van der Waals surface area (Å²) in [5.41, 5.74) is 1.61. The highest BCUT2D eigenvalue weighted by Gasteiger charge is 2.12. The topological polar surface area (TPSA) is 66.1 Å². The molecule has 102 valence electrons. The third kappa shape index (κ3) is 3.11. The van der Waals surface area contributed by atoms with Gasteiger partial charge < -0.3 is 9.84 Å². The minimum Gasteiger partial charge on any atom is -0.476 e. The summed E-state index contributed by atoms with van der Waals surface area (Å²) >= 11 is 0. The van der Waals surface area contributed by atoms with E-state index in [1.165, 1.54) is 12.1 Å². The predicted octanol–water partition coefficient (Wildman–Crippen LogP) is 2.84. The Labute approximate surface area is 116 Å².